The van der Waals surface area contributed by atoms with Crippen LogP contribution in [0.25, 0.3) is 0 Å². The zero-order valence-corrected chi connectivity index (χ0v) is 14.2. The highest BCUT2D eigenvalue weighted by Crippen LogP contribution is 2.31. The Balaban J connectivity index is 1.85. The van der Waals surface area contributed by atoms with Crippen LogP contribution in [0.1, 0.15) is 38.7 Å². The lowest BCUT2D eigenvalue weighted by Crippen LogP contribution is -2.59. The SMILES string of the molecule is CCc1cc(Br)ccc1N1CC2CCCCN2CC1C. The monoisotopic (exact) mass is 336 g/mol. The molecule has 0 bridgehead atoms. The average Bonchev–Trinajstić information content (AvgIpc) is 2.46. The second-order valence-corrected chi connectivity index (χ2v) is 7.19. The molecule has 3 heteroatoms. The van der Waals surface area contributed by atoms with Crippen molar-refractivity contribution in [2.75, 3.05) is 24.5 Å². The highest BCUT2D eigenvalue weighted by Gasteiger charge is 2.33. The molecule has 0 radical (unpaired) electrons. The molecule has 0 spiro atoms. The molecule has 2 saturated heterocycles. The highest BCUT2D eigenvalue weighted by molar-refractivity contribution is 9.10. The molecule has 0 saturated carbocycles. The molecule has 0 N–H and O–H groups in total. The van der Waals surface area contributed by atoms with Crippen LogP contribution in [0.5, 0.6) is 0 Å². The number of rotatable bonds is 2. The van der Waals surface area contributed by atoms with E-state index < -0.39 is 0 Å². The smallest absolute Gasteiger partial charge is 0.0402 e. The Kier molecular flexibility index (Phi) is 4.37. The normalized spacial score (nSPS) is 27.4. The molecule has 2 atom stereocenters. The first kappa shape index (κ1) is 14.4. The number of anilines is 1. The summed E-state index contributed by atoms with van der Waals surface area (Å²) in [5.74, 6) is 0. The predicted molar refractivity (Wildman–Crippen MR) is 89.5 cm³/mol. The maximum Gasteiger partial charge on any atom is 0.0402 e. The molecule has 110 valence electrons. The van der Waals surface area contributed by atoms with E-state index in [2.05, 4.69) is 57.8 Å². The van der Waals surface area contributed by atoms with E-state index in [4.69, 9.17) is 0 Å². The molecule has 1 aromatic rings. The van der Waals surface area contributed by atoms with Crippen LogP contribution >= 0.6 is 15.9 Å². The van der Waals surface area contributed by atoms with Gasteiger partial charge in [-0.2, -0.15) is 0 Å². The average molecular weight is 337 g/mol. The Morgan fingerprint density at radius 1 is 1.25 bits per heavy atom. The van der Waals surface area contributed by atoms with Crippen molar-refractivity contribution in [1.82, 2.24) is 4.90 Å². The van der Waals surface area contributed by atoms with Crippen molar-refractivity contribution in [3.63, 3.8) is 0 Å². The second-order valence-electron chi connectivity index (χ2n) is 6.27. The van der Waals surface area contributed by atoms with Gasteiger partial charge in [0.15, 0.2) is 0 Å². The number of piperidine rings is 1. The van der Waals surface area contributed by atoms with Crippen LogP contribution in [-0.4, -0.2) is 36.6 Å². The van der Waals surface area contributed by atoms with E-state index >= 15 is 0 Å². The number of aryl methyl sites for hydroxylation is 1. The van der Waals surface area contributed by atoms with Gasteiger partial charge in [0.25, 0.3) is 0 Å². The van der Waals surface area contributed by atoms with Gasteiger partial charge in [0.1, 0.15) is 0 Å². The van der Waals surface area contributed by atoms with E-state index in [0.29, 0.717) is 6.04 Å². The van der Waals surface area contributed by atoms with E-state index in [9.17, 15) is 0 Å². The van der Waals surface area contributed by atoms with Crippen molar-refractivity contribution in [3.8, 4) is 0 Å². The van der Waals surface area contributed by atoms with Gasteiger partial charge in [-0.05, 0) is 56.5 Å². The molecule has 1 aromatic carbocycles. The number of benzene rings is 1. The zero-order chi connectivity index (χ0) is 14.1. The van der Waals surface area contributed by atoms with Crippen LogP contribution in [0.3, 0.4) is 0 Å². The number of fused-ring (bicyclic) bond motifs is 1. The number of hydrogen-bond acceptors (Lipinski definition) is 2. The summed E-state index contributed by atoms with van der Waals surface area (Å²) in [6.07, 6.45) is 5.28. The molecule has 3 rings (SSSR count). The molecule has 2 unspecified atom stereocenters. The van der Waals surface area contributed by atoms with Crippen molar-refractivity contribution < 1.29 is 0 Å². The third kappa shape index (κ3) is 2.75. The third-order valence-electron chi connectivity index (χ3n) is 4.92. The summed E-state index contributed by atoms with van der Waals surface area (Å²) in [6.45, 7) is 8.38. The fraction of sp³-hybridized carbons (Fsp3) is 0.647. The van der Waals surface area contributed by atoms with Gasteiger partial charge < -0.3 is 4.90 Å². The van der Waals surface area contributed by atoms with Gasteiger partial charge in [-0.15, -0.1) is 0 Å². The molecule has 20 heavy (non-hydrogen) atoms. The lowest BCUT2D eigenvalue weighted by atomic mass is 9.96. The summed E-state index contributed by atoms with van der Waals surface area (Å²) in [5, 5.41) is 0. The van der Waals surface area contributed by atoms with Crippen molar-refractivity contribution in [3.05, 3.63) is 28.2 Å². The molecule has 0 aliphatic carbocycles. The van der Waals surface area contributed by atoms with Crippen molar-refractivity contribution >= 4 is 21.6 Å². The Morgan fingerprint density at radius 2 is 2.10 bits per heavy atom. The molecule has 0 aromatic heterocycles. The Labute approximate surface area is 131 Å². The van der Waals surface area contributed by atoms with Crippen LogP contribution < -0.4 is 4.90 Å². The van der Waals surface area contributed by atoms with Gasteiger partial charge in [0.05, 0.1) is 0 Å². The topological polar surface area (TPSA) is 6.48 Å². The van der Waals surface area contributed by atoms with Crippen LogP contribution in [0.4, 0.5) is 5.69 Å². The summed E-state index contributed by atoms with van der Waals surface area (Å²) in [7, 11) is 0. The Bertz CT molecular complexity index is 474. The fourth-order valence-corrected chi connectivity index (χ4v) is 4.21. The van der Waals surface area contributed by atoms with Crippen LogP contribution in [0, 0.1) is 0 Å². The zero-order valence-electron chi connectivity index (χ0n) is 12.6. The van der Waals surface area contributed by atoms with E-state index in [0.717, 1.165) is 12.5 Å². The van der Waals surface area contributed by atoms with Gasteiger partial charge in [-0.25, -0.2) is 0 Å². The Hall–Kier alpha value is -0.540. The quantitative estimate of drug-likeness (QED) is 0.803. The maximum absolute atomic E-state index is 3.60. The lowest BCUT2D eigenvalue weighted by molar-refractivity contribution is 0.115. The van der Waals surface area contributed by atoms with Crippen molar-refractivity contribution in [2.45, 2.75) is 51.6 Å². The van der Waals surface area contributed by atoms with E-state index in [1.54, 1.807) is 0 Å². The number of nitrogens with zero attached hydrogens (tertiary/aromatic N) is 2. The van der Waals surface area contributed by atoms with E-state index in [1.165, 1.54) is 54.6 Å². The molecular formula is C17H25BrN2. The molecule has 2 aliphatic heterocycles. The number of halogens is 1. The van der Waals surface area contributed by atoms with E-state index in [1.807, 2.05) is 0 Å². The van der Waals surface area contributed by atoms with Gasteiger partial charge in [0, 0.05) is 35.3 Å². The molecule has 2 heterocycles. The minimum Gasteiger partial charge on any atom is -0.366 e. The first-order chi connectivity index (χ1) is 9.69. The fourth-order valence-electron chi connectivity index (χ4n) is 3.81. The van der Waals surface area contributed by atoms with Gasteiger partial charge in [0.2, 0.25) is 0 Å². The summed E-state index contributed by atoms with van der Waals surface area (Å²) in [4.78, 5) is 5.37. The molecule has 2 fully saturated rings. The largest absolute Gasteiger partial charge is 0.366 e. The number of hydrogen-bond donors (Lipinski definition) is 0. The van der Waals surface area contributed by atoms with Crippen LogP contribution in [-0.2, 0) is 6.42 Å². The van der Waals surface area contributed by atoms with Crippen LogP contribution in [0.2, 0.25) is 0 Å². The van der Waals surface area contributed by atoms with Crippen molar-refractivity contribution in [2.24, 2.45) is 0 Å². The minimum absolute atomic E-state index is 0.621. The van der Waals surface area contributed by atoms with E-state index in [-0.39, 0.29) is 0 Å². The standard InChI is InChI=1S/C17H25BrN2/c1-3-14-10-15(18)7-8-17(14)20-12-16-6-4-5-9-19(16)11-13(20)2/h7-8,10,13,16H,3-6,9,11-12H2,1-2H3. The molecular weight excluding hydrogens is 312 g/mol. The highest BCUT2D eigenvalue weighted by atomic mass is 79.9. The summed E-state index contributed by atoms with van der Waals surface area (Å²) in [6, 6.07) is 8.17. The number of piperazine rings is 1. The predicted octanol–water partition coefficient (Wildman–Crippen LogP) is 4.07. The third-order valence-corrected chi connectivity index (χ3v) is 5.41. The van der Waals surface area contributed by atoms with Crippen LogP contribution in [0.15, 0.2) is 22.7 Å². The lowest BCUT2D eigenvalue weighted by Gasteiger charge is -2.49. The molecule has 2 nitrogen and oxygen atoms in total. The molecule has 2 aliphatic rings. The summed E-state index contributed by atoms with van der Waals surface area (Å²) in [5.41, 5.74) is 2.92. The first-order valence-corrected chi connectivity index (χ1v) is 8.77. The maximum atomic E-state index is 3.60. The second kappa shape index (κ2) is 6.07. The minimum atomic E-state index is 0.621. The Morgan fingerprint density at radius 3 is 2.90 bits per heavy atom. The summed E-state index contributed by atoms with van der Waals surface area (Å²) < 4.78 is 1.20. The summed E-state index contributed by atoms with van der Waals surface area (Å²) >= 11 is 3.60. The van der Waals surface area contributed by atoms with Crippen molar-refractivity contribution in [1.29, 1.82) is 0 Å². The van der Waals surface area contributed by atoms with Gasteiger partial charge >= 0.3 is 0 Å². The van der Waals surface area contributed by atoms with Gasteiger partial charge in [-0.1, -0.05) is 29.3 Å². The van der Waals surface area contributed by atoms with Gasteiger partial charge in [-0.3, -0.25) is 4.90 Å². The first-order valence-electron chi connectivity index (χ1n) is 7.98. The molecule has 0 amide bonds.